The SMILES string of the molecule is O=C1C[C@@H](c2ccc(O)c(O)c2)c2c(O)cc3c(c2O1)C[C@H](OC(=O)C[C@@H](O)CCc1ccc(O)c(O)c1)[C@@H](c1ccc(O)c(O)c1)O3. The Morgan fingerprint density at radius 2 is 1.40 bits per heavy atom. The number of esters is 2. The van der Waals surface area contributed by atoms with Crippen molar-refractivity contribution in [3.05, 3.63) is 88.5 Å². The van der Waals surface area contributed by atoms with E-state index in [1.165, 1.54) is 54.6 Å². The molecule has 0 unspecified atom stereocenters. The van der Waals surface area contributed by atoms with Gasteiger partial charge in [0, 0.05) is 35.1 Å². The van der Waals surface area contributed by atoms with E-state index in [4.69, 9.17) is 14.2 Å². The first-order valence-corrected chi connectivity index (χ1v) is 15.1. The second-order valence-corrected chi connectivity index (χ2v) is 11.8. The second-order valence-electron chi connectivity index (χ2n) is 11.8. The summed E-state index contributed by atoms with van der Waals surface area (Å²) in [6.07, 6.45) is -3.54. The quantitative estimate of drug-likeness (QED) is 0.0760. The van der Waals surface area contributed by atoms with Gasteiger partial charge in [0.1, 0.15) is 23.4 Å². The molecule has 0 saturated carbocycles. The third kappa shape index (κ3) is 6.40. The maximum atomic E-state index is 13.2. The number of phenols is 7. The lowest BCUT2D eigenvalue weighted by Crippen LogP contribution is -2.36. The number of ether oxygens (including phenoxy) is 3. The van der Waals surface area contributed by atoms with E-state index in [1.54, 1.807) is 6.07 Å². The minimum Gasteiger partial charge on any atom is -0.507 e. The number of benzene rings is 4. The van der Waals surface area contributed by atoms with Crippen molar-refractivity contribution in [2.75, 3.05) is 0 Å². The van der Waals surface area contributed by atoms with E-state index in [-0.39, 0.29) is 59.3 Å². The Morgan fingerprint density at radius 1 is 0.771 bits per heavy atom. The van der Waals surface area contributed by atoms with E-state index in [1.807, 2.05) is 0 Å². The molecule has 8 N–H and O–H groups in total. The van der Waals surface area contributed by atoms with Gasteiger partial charge in [-0.05, 0) is 60.4 Å². The highest BCUT2D eigenvalue weighted by Crippen LogP contribution is 2.52. The first-order chi connectivity index (χ1) is 22.9. The van der Waals surface area contributed by atoms with E-state index in [9.17, 15) is 50.4 Å². The summed E-state index contributed by atoms with van der Waals surface area (Å²) in [6, 6.07) is 13.6. The molecule has 13 nitrogen and oxygen atoms in total. The molecule has 13 heteroatoms. The largest absolute Gasteiger partial charge is 0.507 e. The predicted octanol–water partition coefficient (Wildman–Crippen LogP) is 4.04. The first kappa shape index (κ1) is 32.1. The van der Waals surface area contributed by atoms with Crippen LogP contribution in [0.5, 0.6) is 51.7 Å². The zero-order valence-electron chi connectivity index (χ0n) is 25.2. The predicted molar refractivity (Wildman–Crippen MR) is 165 cm³/mol. The number of aromatic hydroxyl groups is 7. The fourth-order valence-electron chi connectivity index (χ4n) is 6.09. The molecule has 2 aliphatic rings. The fourth-order valence-corrected chi connectivity index (χ4v) is 6.09. The van der Waals surface area contributed by atoms with Crippen molar-refractivity contribution in [3.8, 4) is 51.7 Å². The summed E-state index contributed by atoms with van der Waals surface area (Å²) >= 11 is 0. The number of aliphatic hydroxyl groups excluding tert-OH is 1. The molecule has 0 saturated heterocycles. The summed E-state index contributed by atoms with van der Waals surface area (Å²) in [5, 5.41) is 81.0. The minimum atomic E-state index is -1.13. The number of hydrogen-bond acceptors (Lipinski definition) is 13. The minimum absolute atomic E-state index is 0.0101. The number of phenolic OH excluding ortho intramolecular Hbond substituents is 7. The highest BCUT2D eigenvalue weighted by atomic mass is 16.6. The van der Waals surface area contributed by atoms with Crippen molar-refractivity contribution in [2.45, 2.75) is 56.3 Å². The molecule has 0 radical (unpaired) electrons. The monoisotopic (exact) mass is 660 g/mol. The maximum absolute atomic E-state index is 13.2. The standard InChI is InChI=1S/C35H32O13/c36-19(5-1-16-2-6-22(37)25(40)9-16)12-31(44)46-30-13-21-29(47-34(30)18-4-8-24(39)27(42)11-18)15-28(43)33-20(14-32(45)48-35(21)33)17-3-7-23(38)26(41)10-17/h2-4,6-11,15,19-20,30,34,36-43H,1,5,12-14H2/t19-,20-,30-,34+/m0/s1. The Bertz CT molecular complexity index is 1900. The normalized spacial score (nSPS) is 18.9. The van der Waals surface area contributed by atoms with Crippen LogP contribution in [0.25, 0.3) is 0 Å². The zero-order valence-corrected chi connectivity index (χ0v) is 25.2. The lowest BCUT2D eigenvalue weighted by molar-refractivity contribution is -0.157. The highest BCUT2D eigenvalue weighted by Gasteiger charge is 2.41. The van der Waals surface area contributed by atoms with Crippen molar-refractivity contribution in [1.82, 2.24) is 0 Å². The van der Waals surface area contributed by atoms with Gasteiger partial charge in [0.05, 0.1) is 18.9 Å². The van der Waals surface area contributed by atoms with Crippen LogP contribution in [0, 0.1) is 0 Å². The summed E-state index contributed by atoms with van der Waals surface area (Å²) in [7, 11) is 0. The van der Waals surface area contributed by atoms with Gasteiger partial charge in [-0.3, -0.25) is 9.59 Å². The van der Waals surface area contributed by atoms with Gasteiger partial charge < -0.3 is 55.1 Å². The molecule has 6 rings (SSSR count). The van der Waals surface area contributed by atoms with Crippen LogP contribution in [0.15, 0.2) is 60.7 Å². The average Bonchev–Trinajstić information content (AvgIpc) is 3.04. The van der Waals surface area contributed by atoms with Crippen molar-refractivity contribution in [1.29, 1.82) is 0 Å². The number of carbonyl (C=O) groups excluding carboxylic acids is 2. The Kier molecular flexibility index (Phi) is 8.54. The van der Waals surface area contributed by atoms with Crippen LogP contribution in [0.4, 0.5) is 0 Å². The third-order valence-electron chi connectivity index (χ3n) is 8.51. The Labute approximate surface area is 273 Å². The highest BCUT2D eigenvalue weighted by molar-refractivity contribution is 5.81. The molecule has 48 heavy (non-hydrogen) atoms. The van der Waals surface area contributed by atoms with Crippen LogP contribution in [-0.2, 0) is 27.2 Å². The third-order valence-corrected chi connectivity index (χ3v) is 8.51. The van der Waals surface area contributed by atoms with E-state index < -0.39 is 59.8 Å². The lowest BCUT2D eigenvalue weighted by Gasteiger charge is -2.36. The van der Waals surface area contributed by atoms with E-state index in [0.29, 0.717) is 28.7 Å². The molecule has 0 aromatic heterocycles. The molecule has 0 spiro atoms. The molecule has 4 atom stereocenters. The van der Waals surface area contributed by atoms with Gasteiger partial charge in [-0.25, -0.2) is 0 Å². The Balaban J connectivity index is 1.29. The first-order valence-electron chi connectivity index (χ1n) is 15.1. The smallest absolute Gasteiger partial charge is 0.312 e. The topological polar surface area (TPSA) is 224 Å². The molecule has 2 aliphatic heterocycles. The number of rotatable bonds is 8. The maximum Gasteiger partial charge on any atom is 0.312 e. The number of aryl methyl sites for hydroxylation is 1. The van der Waals surface area contributed by atoms with Crippen molar-refractivity contribution < 1.29 is 64.7 Å². The fraction of sp³-hybridized carbons (Fsp3) is 0.257. The summed E-state index contributed by atoms with van der Waals surface area (Å²) < 4.78 is 17.7. The molecule has 4 aromatic carbocycles. The van der Waals surface area contributed by atoms with Gasteiger partial charge in [0.2, 0.25) is 0 Å². The van der Waals surface area contributed by atoms with Crippen LogP contribution in [0.2, 0.25) is 0 Å². The Hall–Kier alpha value is -5.82. The summed E-state index contributed by atoms with van der Waals surface area (Å²) in [5.74, 6) is -4.58. The number of carbonyl (C=O) groups is 2. The van der Waals surface area contributed by atoms with Gasteiger partial charge in [-0.1, -0.05) is 18.2 Å². The zero-order chi connectivity index (χ0) is 34.3. The van der Waals surface area contributed by atoms with Crippen LogP contribution in [0.1, 0.15) is 59.1 Å². The van der Waals surface area contributed by atoms with Crippen LogP contribution in [0.3, 0.4) is 0 Å². The molecule has 2 heterocycles. The molecular formula is C35H32O13. The molecule has 250 valence electrons. The molecule has 0 amide bonds. The summed E-state index contributed by atoms with van der Waals surface area (Å²) in [5.41, 5.74) is 1.89. The Morgan fingerprint density at radius 3 is 2.06 bits per heavy atom. The van der Waals surface area contributed by atoms with E-state index >= 15 is 0 Å². The van der Waals surface area contributed by atoms with Gasteiger partial charge in [0.15, 0.2) is 40.6 Å². The molecule has 4 aromatic rings. The van der Waals surface area contributed by atoms with Crippen molar-refractivity contribution in [3.63, 3.8) is 0 Å². The van der Waals surface area contributed by atoms with E-state index in [0.717, 1.165) is 0 Å². The van der Waals surface area contributed by atoms with Crippen LogP contribution < -0.4 is 9.47 Å². The van der Waals surface area contributed by atoms with Crippen LogP contribution in [-0.4, -0.2) is 65.0 Å². The van der Waals surface area contributed by atoms with Gasteiger partial charge >= 0.3 is 11.9 Å². The second kappa shape index (κ2) is 12.8. The van der Waals surface area contributed by atoms with Gasteiger partial charge in [-0.15, -0.1) is 0 Å². The van der Waals surface area contributed by atoms with E-state index in [2.05, 4.69) is 0 Å². The van der Waals surface area contributed by atoms with Gasteiger partial charge in [0.25, 0.3) is 0 Å². The number of fused-ring (bicyclic) bond motifs is 3. The molecule has 0 fully saturated rings. The lowest BCUT2D eigenvalue weighted by atomic mass is 9.82. The van der Waals surface area contributed by atoms with Crippen molar-refractivity contribution in [2.24, 2.45) is 0 Å². The van der Waals surface area contributed by atoms with Crippen molar-refractivity contribution >= 4 is 11.9 Å². The summed E-state index contributed by atoms with van der Waals surface area (Å²) in [4.78, 5) is 26.0. The molecule has 0 bridgehead atoms. The summed E-state index contributed by atoms with van der Waals surface area (Å²) in [6.45, 7) is 0. The molecular weight excluding hydrogens is 628 g/mol. The van der Waals surface area contributed by atoms with Gasteiger partial charge in [-0.2, -0.15) is 0 Å². The number of aliphatic hydroxyl groups is 1. The average molecular weight is 661 g/mol. The van der Waals surface area contributed by atoms with Crippen LogP contribution >= 0.6 is 0 Å². The molecule has 0 aliphatic carbocycles. The number of hydrogen-bond donors (Lipinski definition) is 8.